The smallest absolute Gasteiger partial charge is 0.185 e. The summed E-state index contributed by atoms with van der Waals surface area (Å²) in [6.45, 7) is 3.73. The largest absolute Gasteiger partial charge is 0.297 e. The third-order valence-corrected chi connectivity index (χ3v) is 3.18. The number of pyridine rings is 1. The minimum Gasteiger partial charge on any atom is -0.297 e. The fourth-order valence-corrected chi connectivity index (χ4v) is 1.53. The molecule has 1 rings (SSSR count). The summed E-state index contributed by atoms with van der Waals surface area (Å²) in [6, 6.07) is 1.43. The molecular formula is C12H17FN2O. The molecule has 0 fully saturated rings. The number of nitrogens with zero attached hydrogens (tertiary/aromatic N) is 2. The van der Waals surface area contributed by atoms with E-state index in [1.165, 1.54) is 12.3 Å². The summed E-state index contributed by atoms with van der Waals surface area (Å²) >= 11 is 0. The highest BCUT2D eigenvalue weighted by molar-refractivity contribution is 6.03. The van der Waals surface area contributed by atoms with Gasteiger partial charge in [0.1, 0.15) is 0 Å². The summed E-state index contributed by atoms with van der Waals surface area (Å²) in [5.74, 6) is -0.770. The van der Waals surface area contributed by atoms with E-state index in [0.717, 1.165) is 6.20 Å². The number of halogens is 1. The van der Waals surface area contributed by atoms with Gasteiger partial charge in [-0.1, -0.05) is 6.92 Å². The number of carbonyl (C=O) groups excluding carboxylic acids is 1. The van der Waals surface area contributed by atoms with Gasteiger partial charge in [0.2, 0.25) is 0 Å². The molecule has 0 aromatic carbocycles. The summed E-state index contributed by atoms with van der Waals surface area (Å²) in [7, 11) is 3.64. The Morgan fingerprint density at radius 3 is 2.62 bits per heavy atom. The highest BCUT2D eigenvalue weighted by Crippen LogP contribution is 2.23. The predicted molar refractivity (Wildman–Crippen MR) is 60.9 cm³/mol. The van der Waals surface area contributed by atoms with Crippen LogP contribution in [-0.2, 0) is 0 Å². The molecule has 0 bridgehead atoms. The van der Waals surface area contributed by atoms with E-state index in [0.29, 0.717) is 6.42 Å². The summed E-state index contributed by atoms with van der Waals surface area (Å²) in [5.41, 5.74) is -0.574. The average molecular weight is 224 g/mol. The number of rotatable bonds is 4. The molecule has 1 unspecified atom stereocenters. The van der Waals surface area contributed by atoms with Gasteiger partial charge < -0.3 is 0 Å². The Morgan fingerprint density at radius 2 is 2.19 bits per heavy atom. The van der Waals surface area contributed by atoms with E-state index in [1.54, 1.807) is 0 Å². The number of ketones is 1. The number of likely N-dealkylation sites (N-methyl/N-ethyl adjacent to an activating group) is 1. The first kappa shape index (κ1) is 12.8. The summed E-state index contributed by atoms with van der Waals surface area (Å²) < 4.78 is 13.5. The minimum atomic E-state index is -0.678. The van der Waals surface area contributed by atoms with Gasteiger partial charge in [-0.05, 0) is 33.5 Å². The van der Waals surface area contributed by atoms with Crippen LogP contribution in [0.15, 0.2) is 18.5 Å². The van der Waals surface area contributed by atoms with Crippen LogP contribution in [0.5, 0.6) is 0 Å². The van der Waals surface area contributed by atoms with Gasteiger partial charge in [0.05, 0.1) is 17.3 Å². The van der Waals surface area contributed by atoms with Crippen molar-refractivity contribution < 1.29 is 9.18 Å². The fourth-order valence-electron chi connectivity index (χ4n) is 1.53. The second-order valence-electron chi connectivity index (χ2n) is 4.21. The zero-order valence-electron chi connectivity index (χ0n) is 10.1. The molecule has 0 aliphatic carbocycles. The Morgan fingerprint density at radius 1 is 1.56 bits per heavy atom. The monoisotopic (exact) mass is 224 g/mol. The van der Waals surface area contributed by atoms with Crippen LogP contribution in [0.25, 0.3) is 0 Å². The first-order valence-electron chi connectivity index (χ1n) is 5.25. The molecule has 88 valence electrons. The van der Waals surface area contributed by atoms with E-state index < -0.39 is 11.4 Å². The zero-order valence-corrected chi connectivity index (χ0v) is 10.1. The molecule has 0 radical (unpaired) electrons. The van der Waals surface area contributed by atoms with Crippen molar-refractivity contribution in [2.24, 2.45) is 0 Å². The van der Waals surface area contributed by atoms with E-state index in [-0.39, 0.29) is 11.3 Å². The number of hydrogen-bond acceptors (Lipinski definition) is 3. The molecule has 0 saturated heterocycles. The van der Waals surface area contributed by atoms with Gasteiger partial charge in [-0.15, -0.1) is 0 Å². The van der Waals surface area contributed by atoms with Crippen LogP contribution in [0.3, 0.4) is 0 Å². The van der Waals surface area contributed by atoms with Gasteiger partial charge in [0.15, 0.2) is 11.6 Å². The maximum Gasteiger partial charge on any atom is 0.185 e. The first-order chi connectivity index (χ1) is 7.43. The molecule has 3 nitrogen and oxygen atoms in total. The van der Waals surface area contributed by atoms with Crippen LogP contribution >= 0.6 is 0 Å². The van der Waals surface area contributed by atoms with Crippen molar-refractivity contribution in [3.63, 3.8) is 0 Å². The first-order valence-corrected chi connectivity index (χ1v) is 5.25. The molecule has 0 aliphatic heterocycles. The molecule has 1 aromatic rings. The Kier molecular flexibility index (Phi) is 3.75. The number of Topliss-reactive ketones (excluding diaryl/α,β-unsaturated/α-hetero) is 1. The van der Waals surface area contributed by atoms with Gasteiger partial charge in [-0.2, -0.15) is 0 Å². The van der Waals surface area contributed by atoms with Gasteiger partial charge in [-0.25, -0.2) is 4.39 Å². The normalized spacial score (nSPS) is 14.9. The van der Waals surface area contributed by atoms with Crippen LogP contribution in [0, 0.1) is 5.82 Å². The Hall–Kier alpha value is -1.29. The summed E-state index contributed by atoms with van der Waals surface area (Å²) in [6.07, 6.45) is 3.13. The molecule has 1 atom stereocenters. The summed E-state index contributed by atoms with van der Waals surface area (Å²) in [4.78, 5) is 17.7. The standard InChI is InChI=1S/C12H17FN2O/c1-5-12(2,15(3)4)11(16)9-6-7-14-8-10(9)13/h6-8H,5H2,1-4H3. The maximum atomic E-state index is 13.5. The van der Waals surface area contributed by atoms with E-state index in [2.05, 4.69) is 4.98 Å². The Bertz CT molecular complexity index is 392. The maximum absolute atomic E-state index is 13.5. The zero-order chi connectivity index (χ0) is 12.3. The van der Waals surface area contributed by atoms with Crippen molar-refractivity contribution in [2.45, 2.75) is 25.8 Å². The summed E-state index contributed by atoms with van der Waals surface area (Å²) in [5, 5.41) is 0. The van der Waals surface area contributed by atoms with Crippen molar-refractivity contribution in [1.82, 2.24) is 9.88 Å². The lowest BCUT2D eigenvalue weighted by atomic mass is 9.88. The van der Waals surface area contributed by atoms with Crippen molar-refractivity contribution >= 4 is 5.78 Å². The van der Waals surface area contributed by atoms with E-state index in [4.69, 9.17) is 0 Å². The lowest BCUT2D eigenvalue weighted by Crippen LogP contribution is -2.48. The molecule has 0 amide bonds. The predicted octanol–water partition coefficient (Wildman–Crippen LogP) is 2.13. The second kappa shape index (κ2) is 4.70. The third kappa shape index (κ3) is 2.11. The van der Waals surface area contributed by atoms with Crippen LogP contribution in [0.1, 0.15) is 30.6 Å². The highest BCUT2D eigenvalue weighted by atomic mass is 19.1. The molecule has 0 N–H and O–H groups in total. The minimum absolute atomic E-state index is 0.105. The van der Waals surface area contributed by atoms with E-state index in [9.17, 15) is 9.18 Å². The molecular weight excluding hydrogens is 207 g/mol. The van der Waals surface area contributed by atoms with E-state index in [1.807, 2.05) is 32.8 Å². The Labute approximate surface area is 95.3 Å². The van der Waals surface area contributed by atoms with Crippen molar-refractivity contribution in [1.29, 1.82) is 0 Å². The third-order valence-electron chi connectivity index (χ3n) is 3.18. The van der Waals surface area contributed by atoms with Gasteiger partial charge >= 0.3 is 0 Å². The number of carbonyl (C=O) groups is 1. The number of hydrogen-bond donors (Lipinski definition) is 0. The van der Waals surface area contributed by atoms with Crippen LogP contribution in [-0.4, -0.2) is 35.3 Å². The van der Waals surface area contributed by atoms with Crippen LogP contribution in [0.2, 0.25) is 0 Å². The number of aromatic nitrogens is 1. The Balaban J connectivity index is 3.15. The quantitative estimate of drug-likeness (QED) is 0.735. The lowest BCUT2D eigenvalue weighted by molar-refractivity contribution is 0.0706. The molecule has 1 heterocycles. The van der Waals surface area contributed by atoms with Gasteiger partial charge in [-0.3, -0.25) is 14.7 Å². The van der Waals surface area contributed by atoms with E-state index >= 15 is 0 Å². The van der Waals surface area contributed by atoms with Crippen LogP contribution in [0.4, 0.5) is 4.39 Å². The topological polar surface area (TPSA) is 33.2 Å². The molecule has 0 spiro atoms. The SMILES string of the molecule is CCC(C)(C(=O)c1ccncc1F)N(C)C. The van der Waals surface area contributed by atoms with Gasteiger partial charge in [0.25, 0.3) is 0 Å². The molecule has 0 aliphatic rings. The van der Waals surface area contributed by atoms with Gasteiger partial charge in [0, 0.05) is 6.20 Å². The molecule has 16 heavy (non-hydrogen) atoms. The lowest BCUT2D eigenvalue weighted by Gasteiger charge is -2.34. The van der Waals surface area contributed by atoms with Crippen molar-refractivity contribution in [3.8, 4) is 0 Å². The highest BCUT2D eigenvalue weighted by Gasteiger charge is 2.35. The van der Waals surface area contributed by atoms with Crippen molar-refractivity contribution in [3.05, 3.63) is 29.8 Å². The van der Waals surface area contributed by atoms with Crippen LogP contribution < -0.4 is 0 Å². The second-order valence-corrected chi connectivity index (χ2v) is 4.21. The molecule has 1 aromatic heterocycles. The van der Waals surface area contributed by atoms with Crippen molar-refractivity contribution in [2.75, 3.05) is 14.1 Å². The average Bonchev–Trinajstić information content (AvgIpc) is 2.27. The molecule has 4 heteroatoms. The molecule has 0 saturated carbocycles. The fraction of sp³-hybridized carbons (Fsp3) is 0.500.